The molecule has 2 rings (SSSR count). The van der Waals surface area contributed by atoms with E-state index >= 15 is 0 Å². The van der Waals surface area contributed by atoms with Crippen LogP contribution in [0.1, 0.15) is 46.0 Å². The standard InChI is InChI=1S/C15H27NO2/c1-15(2)7-4-14(17)12(10-15)11-16-8-5-13(18-3)6-9-16/h12-13H,4-11H2,1-3H3. The highest BCUT2D eigenvalue weighted by Gasteiger charge is 2.34. The van der Waals surface area contributed by atoms with Crippen LogP contribution >= 0.6 is 0 Å². The first kappa shape index (κ1) is 14.0. The van der Waals surface area contributed by atoms with Crippen LogP contribution < -0.4 is 0 Å². The Bertz CT molecular complexity index is 293. The summed E-state index contributed by atoms with van der Waals surface area (Å²) in [7, 11) is 1.80. The predicted octanol–water partition coefficient (Wildman–Crippen LogP) is 2.49. The lowest BCUT2D eigenvalue weighted by molar-refractivity contribution is -0.128. The third kappa shape index (κ3) is 3.55. The van der Waals surface area contributed by atoms with Gasteiger partial charge in [-0.2, -0.15) is 0 Å². The first-order valence-corrected chi connectivity index (χ1v) is 7.28. The fourth-order valence-corrected chi connectivity index (χ4v) is 3.35. The summed E-state index contributed by atoms with van der Waals surface area (Å²) in [5.74, 6) is 0.760. The lowest BCUT2D eigenvalue weighted by atomic mass is 9.71. The molecule has 0 N–H and O–H groups in total. The van der Waals surface area contributed by atoms with Crippen molar-refractivity contribution >= 4 is 5.78 Å². The van der Waals surface area contributed by atoms with Gasteiger partial charge in [-0.3, -0.25) is 4.79 Å². The quantitative estimate of drug-likeness (QED) is 0.774. The SMILES string of the molecule is COC1CCN(CC2CC(C)(C)CCC2=O)CC1. The van der Waals surface area contributed by atoms with Crippen molar-refractivity contribution < 1.29 is 9.53 Å². The molecule has 1 heterocycles. The Morgan fingerprint density at radius 1 is 1.33 bits per heavy atom. The van der Waals surface area contributed by atoms with E-state index in [1.807, 2.05) is 0 Å². The van der Waals surface area contributed by atoms with Crippen molar-refractivity contribution in [2.75, 3.05) is 26.7 Å². The van der Waals surface area contributed by atoms with Crippen LogP contribution in [0, 0.1) is 11.3 Å². The number of hydrogen-bond donors (Lipinski definition) is 0. The maximum absolute atomic E-state index is 12.0. The average molecular weight is 253 g/mol. The number of piperidine rings is 1. The zero-order valence-corrected chi connectivity index (χ0v) is 12.1. The molecule has 1 saturated carbocycles. The summed E-state index contributed by atoms with van der Waals surface area (Å²) in [5.41, 5.74) is 0.351. The number of Topliss-reactive ketones (excluding diaryl/α,β-unsaturated/α-hetero) is 1. The Morgan fingerprint density at radius 2 is 2.00 bits per heavy atom. The summed E-state index contributed by atoms with van der Waals surface area (Å²) in [6, 6.07) is 0. The van der Waals surface area contributed by atoms with E-state index in [1.54, 1.807) is 7.11 Å². The number of nitrogens with zero attached hydrogens (tertiary/aromatic N) is 1. The minimum Gasteiger partial charge on any atom is -0.381 e. The van der Waals surface area contributed by atoms with Gasteiger partial charge in [-0.25, -0.2) is 0 Å². The molecule has 1 aliphatic heterocycles. The van der Waals surface area contributed by atoms with Crippen molar-refractivity contribution in [3.63, 3.8) is 0 Å². The molecule has 2 aliphatic rings. The topological polar surface area (TPSA) is 29.5 Å². The van der Waals surface area contributed by atoms with Crippen LogP contribution in [-0.4, -0.2) is 43.5 Å². The normalized spacial score (nSPS) is 30.6. The molecule has 0 aromatic carbocycles. The van der Waals surface area contributed by atoms with Gasteiger partial charge in [0.05, 0.1) is 6.10 Å². The molecule has 3 heteroatoms. The Hall–Kier alpha value is -0.410. The molecule has 18 heavy (non-hydrogen) atoms. The van der Waals surface area contributed by atoms with Gasteiger partial charge in [-0.05, 0) is 31.1 Å². The van der Waals surface area contributed by atoms with Crippen LogP contribution in [0.4, 0.5) is 0 Å². The molecule has 0 radical (unpaired) electrons. The van der Waals surface area contributed by atoms with E-state index in [9.17, 15) is 4.79 Å². The molecule has 0 bridgehead atoms. The van der Waals surface area contributed by atoms with Crippen LogP contribution in [0.25, 0.3) is 0 Å². The lowest BCUT2D eigenvalue weighted by Gasteiger charge is -2.38. The van der Waals surface area contributed by atoms with Crippen LogP contribution in [-0.2, 0) is 9.53 Å². The molecule has 1 saturated heterocycles. The number of rotatable bonds is 3. The maximum Gasteiger partial charge on any atom is 0.137 e. The summed E-state index contributed by atoms with van der Waals surface area (Å²) in [4.78, 5) is 14.5. The number of hydrogen-bond acceptors (Lipinski definition) is 3. The van der Waals surface area contributed by atoms with Gasteiger partial charge >= 0.3 is 0 Å². The van der Waals surface area contributed by atoms with Gasteiger partial charge in [0.1, 0.15) is 5.78 Å². The largest absolute Gasteiger partial charge is 0.381 e. The fraction of sp³-hybridized carbons (Fsp3) is 0.933. The van der Waals surface area contributed by atoms with E-state index in [4.69, 9.17) is 4.74 Å². The fourth-order valence-electron chi connectivity index (χ4n) is 3.35. The van der Waals surface area contributed by atoms with E-state index < -0.39 is 0 Å². The monoisotopic (exact) mass is 253 g/mol. The highest BCUT2D eigenvalue weighted by atomic mass is 16.5. The van der Waals surface area contributed by atoms with Crippen molar-refractivity contribution in [2.45, 2.75) is 52.1 Å². The van der Waals surface area contributed by atoms with Gasteiger partial charge < -0.3 is 9.64 Å². The first-order valence-electron chi connectivity index (χ1n) is 7.28. The molecule has 1 unspecified atom stereocenters. The van der Waals surface area contributed by atoms with Crippen molar-refractivity contribution in [3.05, 3.63) is 0 Å². The highest BCUT2D eigenvalue weighted by molar-refractivity contribution is 5.82. The van der Waals surface area contributed by atoms with Crippen LogP contribution in [0.3, 0.4) is 0 Å². The molecule has 1 aliphatic carbocycles. The summed E-state index contributed by atoms with van der Waals surface area (Å²) in [6.07, 6.45) is 5.57. The molecular weight excluding hydrogens is 226 g/mol. The van der Waals surface area contributed by atoms with Gasteiger partial charge in [-0.15, -0.1) is 0 Å². The van der Waals surface area contributed by atoms with Crippen molar-refractivity contribution in [1.29, 1.82) is 0 Å². The molecule has 0 spiro atoms. The van der Waals surface area contributed by atoms with Crippen molar-refractivity contribution in [3.8, 4) is 0 Å². The molecular formula is C15H27NO2. The zero-order valence-electron chi connectivity index (χ0n) is 12.1. The van der Waals surface area contributed by atoms with Gasteiger partial charge in [0.15, 0.2) is 0 Å². The molecule has 3 nitrogen and oxygen atoms in total. The van der Waals surface area contributed by atoms with Gasteiger partial charge in [0, 0.05) is 39.1 Å². The number of likely N-dealkylation sites (tertiary alicyclic amines) is 1. The third-order valence-corrected chi connectivity index (χ3v) is 4.65. The summed E-state index contributed by atoms with van der Waals surface area (Å²) < 4.78 is 5.39. The number of ether oxygens (including phenoxy) is 1. The minimum atomic E-state index is 0.271. The first-order chi connectivity index (χ1) is 8.50. The molecule has 0 amide bonds. The Kier molecular flexibility index (Phi) is 4.44. The molecule has 0 aromatic heterocycles. The van der Waals surface area contributed by atoms with E-state index in [1.165, 1.54) is 0 Å². The van der Waals surface area contributed by atoms with Gasteiger partial charge in [0.2, 0.25) is 0 Å². The zero-order chi connectivity index (χ0) is 13.2. The van der Waals surface area contributed by atoms with Gasteiger partial charge in [0.25, 0.3) is 0 Å². The lowest BCUT2D eigenvalue weighted by Crippen LogP contribution is -2.43. The van der Waals surface area contributed by atoms with Gasteiger partial charge in [-0.1, -0.05) is 13.8 Å². The number of methoxy groups -OCH3 is 1. The molecule has 2 fully saturated rings. The molecule has 1 atom stereocenters. The second-order valence-electron chi connectivity index (χ2n) is 6.77. The minimum absolute atomic E-state index is 0.271. The van der Waals surface area contributed by atoms with Crippen molar-refractivity contribution in [2.24, 2.45) is 11.3 Å². The Labute approximate surface area is 111 Å². The van der Waals surface area contributed by atoms with E-state index in [0.717, 1.165) is 51.7 Å². The van der Waals surface area contributed by atoms with E-state index in [0.29, 0.717) is 17.3 Å². The van der Waals surface area contributed by atoms with Crippen LogP contribution in [0.5, 0.6) is 0 Å². The van der Waals surface area contributed by atoms with E-state index in [2.05, 4.69) is 18.7 Å². The third-order valence-electron chi connectivity index (χ3n) is 4.65. The Morgan fingerprint density at radius 3 is 2.61 bits per heavy atom. The number of ketones is 1. The predicted molar refractivity (Wildman–Crippen MR) is 72.6 cm³/mol. The molecule has 104 valence electrons. The van der Waals surface area contributed by atoms with Crippen molar-refractivity contribution in [1.82, 2.24) is 4.90 Å². The maximum atomic E-state index is 12.0. The van der Waals surface area contributed by atoms with E-state index in [-0.39, 0.29) is 5.92 Å². The summed E-state index contributed by atoms with van der Waals surface area (Å²) in [5, 5.41) is 0. The molecule has 0 aromatic rings. The summed E-state index contributed by atoms with van der Waals surface area (Å²) in [6.45, 7) is 7.73. The second-order valence-corrected chi connectivity index (χ2v) is 6.77. The van der Waals surface area contributed by atoms with Crippen LogP contribution in [0.2, 0.25) is 0 Å². The summed E-state index contributed by atoms with van der Waals surface area (Å²) >= 11 is 0. The Balaban J connectivity index is 1.83. The smallest absolute Gasteiger partial charge is 0.137 e. The van der Waals surface area contributed by atoms with Crippen LogP contribution in [0.15, 0.2) is 0 Å². The second kappa shape index (κ2) is 5.70. The number of carbonyl (C=O) groups is 1. The number of carbonyl (C=O) groups excluding carboxylic acids is 1. The average Bonchev–Trinajstić information content (AvgIpc) is 2.35. The highest BCUT2D eigenvalue weighted by Crippen LogP contribution is 2.37.